The van der Waals surface area contributed by atoms with Gasteiger partial charge in [0.1, 0.15) is 6.10 Å². The highest BCUT2D eigenvalue weighted by atomic mass is 16.5. The summed E-state index contributed by atoms with van der Waals surface area (Å²) >= 11 is 0. The van der Waals surface area contributed by atoms with Crippen LogP contribution in [0.25, 0.3) is 0 Å². The molecule has 0 aliphatic carbocycles. The van der Waals surface area contributed by atoms with Crippen molar-refractivity contribution in [2.45, 2.75) is 64.7 Å². The summed E-state index contributed by atoms with van der Waals surface area (Å²) in [7, 11) is 0. The van der Waals surface area contributed by atoms with Crippen molar-refractivity contribution < 1.29 is 9.53 Å². The Kier molecular flexibility index (Phi) is 5.78. The number of ether oxygens (including phenoxy) is 1. The SMILES string of the molecule is CC(C)(C)c1ccc(=O)n(CC2CCN(C(=O)C3Cc4ccccc4CO3)CC2)n1. The highest BCUT2D eigenvalue weighted by molar-refractivity contribution is 5.81. The molecule has 1 saturated heterocycles. The number of benzene rings is 1. The van der Waals surface area contributed by atoms with E-state index >= 15 is 0 Å². The summed E-state index contributed by atoms with van der Waals surface area (Å²) in [6.07, 6.45) is 2.02. The number of hydrogen-bond donors (Lipinski definition) is 0. The zero-order valence-corrected chi connectivity index (χ0v) is 18.1. The first-order valence-electron chi connectivity index (χ1n) is 10.9. The van der Waals surface area contributed by atoms with E-state index in [1.807, 2.05) is 23.1 Å². The zero-order chi connectivity index (χ0) is 21.3. The van der Waals surface area contributed by atoms with Crippen LogP contribution in [0.2, 0.25) is 0 Å². The van der Waals surface area contributed by atoms with Crippen molar-refractivity contribution in [2.24, 2.45) is 5.92 Å². The number of likely N-dealkylation sites (tertiary alicyclic amines) is 1. The molecule has 0 saturated carbocycles. The fraction of sp³-hybridized carbons (Fsp3) is 0.542. The first-order chi connectivity index (χ1) is 14.3. The number of hydrogen-bond acceptors (Lipinski definition) is 4. The predicted molar refractivity (Wildman–Crippen MR) is 115 cm³/mol. The van der Waals surface area contributed by atoms with Gasteiger partial charge in [0, 0.05) is 37.5 Å². The van der Waals surface area contributed by atoms with E-state index in [0.717, 1.165) is 18.5 Å². The number of piperidine rings is 1. The highest BCUT2D eigenvalue weighted by Gasteiger charge is 2.31. The number of amides is 1. The van der Waals surface area contributed by atoms with Crippen molar-refractivity contribution in [3.63, 3.8) is 0 Å². The van der Waals surface area contributed by atoms with Crippen molar-refractivity contribution in [3.05, 3.63) is 63.6 Å². The Morgan fingerprint density at radius 1 is 1.10 bits per heavy atom. The summed E-state index contributed by atoms with van der Waals surface area (Å²) in [6.45, 7) is 8.82. The Balaban J connectivity index is 1.34. The average molecular weight is 410 g/mol. The molecule has 2 aliphatic heterocycles. The Bertz CT molecular complexity index is 968. The van der Waals surface area contributed by atoms with Crippen LogP contribution in [0.15, 0.2) is 41.2 Å². The monoisotopic (exact) mass is 409 g/mol. The van der Waals surface area contributed by atoms with E-state index in [0.29, 0.717) is 38.6 Å². The van der Waals surface area contributed by atoms with Crippen LogP contribution in [0.1, 0.15) is 50.4 Å². The molecule has 1 atom stereocenters. The molecule has 4 rings (SSSR count). The summed E-state index contributed by atoms with van der Waals surface area (Å²) in [5.74, 6) is 0.440. The molecule has 6 nitrogen and oxygen atoms in total. The van der Waals surface area contributed by atoms with Crippen molar-refractivity contribution >= 4 is 5.91 Å². The van der Waals surface area contributed by atoms with E-state index in [1.54, 1.807) is 10.7 Å². The molecule has 1 amide bonds. The standard InChI is InChI=1S/C24H31N3O3/c1-24(2,3)21-8-9-22(28)27(25-21)15-17-10-12-26(13-11-17)23(29)20-14-18-6-4-5-7-19(18)16-30-20/h4-9,17,20H,10-16H2,1-3H3. The fourth-order valence-corrected chi connectivity index (χ4v) is 4.27. The third-order valence-corrected chi connectivity index (χ3v) is 6.23. The number of aromatic nitrogens is 2. The first-order valence-corrected chi connectivity index (χ1v) is 10.9. The molecule has 6 heteroatoms. The normalized spacial score (nSPS) is 20.1. The van der Waals surface area contributed by atoms with E-state index in [4.69, 9.17) is 4.74 Å². The van der Waals surface area contributed by atoms with Crippen LogP contribution in [-0.4, -0.2) is 39.8 Å². The molecule has 2 aromatic rings. The van der Waals surface area contributed by atoms with Gasteiger partial charge in [0.15, 0.2) is 0 Å². The lowest BCUT2D eigenvalue weighted by Crippen LogP contribution is -2.47. The molecule has 160 valence electrons. The molecular weight excluding hydrogens is 378 g/mol. The number of carbonyl (C=O) groups is 1. The number of fused-ring (bicyclic) bond motifs is 1. The lowest BCUT2D eigenvalue weighted by Gasteiger charge is -2.35. The van der Waals surface area contributed by atoms with Crippen LogP contribution < -0.4 is 5.56 Å². The van der Waals surface area contributed by atoms with E-state index in [-0.39, 0.29) is 23.0 Å². The van der Waals surface area contributed by atoms with Gasteiger partial charge in [0.05, 0.1) is 12.3 Å². The topological polar surface area (TPSA) is 64.4 Å². The second-order valence-electron chi connectivity index (χ2n) is 9.53. The van der Waals surface area contributed by atoms with Gasteiger partial charge in [-0.15, -0.1) is 0 Å². The van der Waals surface area contributed by atoms with Crippen LogP contribution >= 0.6 is 0 Å². The van der Waals surface area contributed by atoms with E-state index < -0.39 is 0 Å². The van der Waals surface area contributed by atoms with Gasteiger partial charge in [0.2, 0.25) is 0 Å². The minimum absolute atomic E-state index is 0.0595. The molecule has 0 N–H and O–H groups in total. The molecule has 0 radical (unpaired) electrons. The quantitative estimate of drug-likeness (QED) is 0.782. The van der Waals surface area contributed by atoms with Crippen LogP contribution in [0.5, 0.6) is 0 Å². The molecule has 1 aromatic heterocycles. The molecule has 3 heterocycles. The fourth-order valence-electron chi connectivity index (χ4n) is 4.27. The van der Waals surface area contributed by atoms with Gasteiger partial charge in [-0.3, -0.25) is 9.59 Å². The van der Waals surface area contributed by atoms with Crippen molar-refractivity contribution in [2.75, 3.05) is 13.1 Å². The lowest BCUT2D eigenvalue weighted by atomic mass is 9.92. The first kappa shape index (κ1) is 20.8. The third kappa shape index (κ3) is 4.48. The summed E-state index contributed by atoms with van der Waals surface area (Å²) in [5.41, 5.74) is 3.15. The molecule has 30 heavy (non-hydrogen) atoms. The summed E-state index contributed by atoms with van der Waals surface area (Å²) in [5, 5.41) is 4.59. The maximum atomic E-state index is 13.0. The average Bonchev–Trinajstić information content (AvgIpc) is 2.74. The maximum absolute atomic E-state index is 13.0. The van der Waals surface area contributed by atoms with Crippen molar-refractivity contribution in [1.29, 1.82) is 0 Å². The second-order valence-corrected chi connectivity index (χ2v) is 9.53. The Hall–Kier alpha value is -2.47. The summed E-state index contributed by atoms with van der Waals surface area (Å²) < 4.78 is 7.46. The maximum Gasteiger partial charge on any atom is 0.266 e. The van der Waals surface area contributed by atoms with Gasteiger partial charge in [-0.1, -0.05) is 45.0 Å². The van der Waals surface area contributed by atoms with Gasteiger partial charge < -0.3 is 9.64 Å². The molecular formula is C24H31N3O3. The smallest absolute Gasteiger partial charge is 0.266 e. The van der Waals surface area contributed by atoms with Crippen LogP contribution in [-0.2, 0) is 34.5 Å². The minimum atomic E-state index is -0.385. The lowest BCUT2D eigenvalue weighted by molar-refractivity contribution is -0.147. The van der Waals surface area contributed by atoms with Crippen molar-refractivity contribution in [3.8, 4) is 0 Å². The Labute approximate surface area is 177 Å². The van der Waals surface area contributed by atoms with Crippen LogP contribution in [0, 0.1) is 5.92 Å². The van der Waals surface area contributed by atoms with Gasteiger partial charge in [0.25, 0.3) is 11.5 Å². The largest absolute Gasteiger partial charge is 0.363 e. The number of carbonyl (C=O) groups excluding carboxylic acids is 1. The van der Waals surface area contributed by atoms with Crippen molar-refractivity contribution in [1.82, 2.24) is 14.7 Å². The summed E-state index contributed by atoms with van der Waals surface area (Å²) in [6, 6.07) is 11.6. The highest BCUT2D eigenvalue weighted by Crippen LogP contribution is 2.25. The zero-order valence-electron chi connectivity index (χ0n) is 18.1. The number of nitrogens with zero attached hydrogens (tertiary/aromatic N) is 3. The van der Waals surface area contributed by atoms with E-state index in [2.05, 4.69) is 38.0 Å². The predicted octanol–water partition coefficient (Wildman–Crippen LogP) is 2.92. The van der Waals surface area contributed by atoms with E-state index in [1.165, 1.54) is 11.1 Å². The molecule has 0 spiro atoms. The van der Waals surface area contributed by atoms with E-state index in [9.17, 15) is 9.59 Å². The molecule has 2 aliphatic rings. The molecule has 1 fully saturated rings. The molecule has 0 bridgehead atoms. The minimum Gasteiger partial charge on any atom is -0.363 e. The second kappa shape index (κ2) is 8.34. The third-order valence-electron chi connectivity index (χ3n) is 6.23. The van der Waals surface area contributed by atoms with Crippen LogP contribution in [0.4, 0.5) is 0 Å². The summed E-state index contributed by atoms with van der Waals surface area (Å²) in [4.78, 5) is 27.2. The van der Waals surface area contributed by atoms with Gasteiger partial charge >= 0.3 is 0 Å². The Morgan fingerprint density at radius 3 is 2.50 bits per heavy atom. The van der Waals surface area contributed by atoms with Crippen LogP contribution in [0.3, 0.4) is 0 Å². The number of rotatable bonds is 3. The van der Waals surface area contributed by atoms with Gasteiger partial charge in [-0.05, 0) is 36.0 Å². The molecule has 1 aromatic carbocycles. The van der Waals surface area contributed by atoms with Gasteiger partial charge in [-0.2, -0.15) is 5.10 Å². The Morgan fingerprint density at radius 2 is 1.80 bits per heavy atom. The molecule has 1 unspecified atom stereocenters. The van der Waals surface area contributed by atoms with Gasteiger partial charge in [-0.25, -0.2) is 4.68 Å².